The predicted octanol–water partition coefficient (Wildman–Crippen LogP) is 1.66. The number of piperidine rings is 1. The minimum absolute atomic E-state index is 0.0882. The monoisotopic (exact) mass is 279 g/mol. The highest BCUT2D eigenvalue weighted by Crippen LogP contribution is 2.17. The van der Waals surface area contributed by atoms with E-state index in [4.69, 9.17) is 4.74 Å². The van der Waals surface area contributed by atoms with Crippen LogP contribution in [0.2, 0.25) is 0 Å². The number of non-ortho nitro benzene ring substituents is 1. The Labute approximate surface area is 118 Å². The SMILES string of the molecule is CNC1CCCN(CCOc2ccc([N+](=O)[O-])cc2)C1. The van der Waals surface area contributed by atoms with E-state index < -0.39 is 4.92 Å². The number of rotatable bonds is 6. The fourth-order valence-electron chi connectivity index (χ4n) is 2.45. The number of hydrogen-bond donors (Lipinski definition) is 1. The normalized spacial score (nSPS) is 19.8. The van der Waals surface area contributed by atoms with E-state index in [0.29, 0.717) is 18.4 Å². The van der Waals surface area contributed by atoms with E-state index in [-0.39, 0.29) is 5.69 Å². The number of ether oxygens (including phenoxy) is 1. The fraction of sp³-hybridized carbons (Fsp3) is 0.571. The Morgan fingerprint density at radius 1 is 1.45 bits per heavy atom. The van der Waals surface area contributed by atoms with E-state index in [2.05, 4.69) is 10.2 Å². The standard InChI is InChI=1S/C14H21N3O3/c1-15-12-3-2-8-16(11-12)9-10-20-14-6-4-13(5-7-14)17(18)19/h4-7,12,15H,2-3,8-11H2,1H3. The third kappa shape index (κ3) is 4.18. The quantitative estimate of drug-likeness (QED) is 0.633. The van der Waals surface area contributed by atoms with Gasteiger partial charge < -0.3 is 10.1 Å². The number of likely N-dealkylation sites (tertiary alicyclic amines) is 1. The van der Waals surface area contributed by atoms with Gasteiger partial charge in [-0.1, -0.05) is 0 Å². The summed E-state index contributed by atoms with van der Waals surface area (Å²) in [6.07, 6.45) is 2.44. The van der Waals surface area contributed by atoms with Gasteiger partial charge in [-0.2, -0.15) is 0 Å². The van der Waals surface area contributed by atoms with Crippen LogP contribution in [0.1, 0.15) is 12.8 Å². The molecule has 6 heteroatoms. The van der Waals surface area contributed by atoms with Crippen molar-refractivity contribution in [2.24, 2.45) is 0 Å². The van der Waals surface area contributed by atoms with E-state index in [1.54, 1.807) is 12.1 Å². The van der Waals surface area contributed by atoms with Crippen LogP contribution < -0.4 is 10.1 Å². The average molecular weight is 279 g/mol. The van der Waals surface area contributed by atoms with Gasteiger partial charge >= 0.3 is 0 Å². The van der Waals surface area contributed by atoms with E-state index in [1.807, 2.05) is 7.05 Å². The van der Waals surface area contributed by atoms with E-state index >= 15 is 0 Å². The zero-order valence-electron chi connectivity index (χ0n) is 11.7. The topological polar surface area (TPSA) is 67.6 Å². The second-order valence-electron chi connectivity index (χ2n) is 5.03. The second-order valence-corrected chi connectivity index (χ2v) is 5.03. The van der Waals surface area contributed by atoms with Gasteiger partial charge in [-0.25, -0.2) is 0 Å². The molecule has 0 radical (unpaired) electrons. The van der Waals surface area contributed by atoms with Crippen LogP contribution >= 0.6 is 0 Å². The third-order valence-corrected chi connectivity index (χ3v) is 3.64. The van der Waals surface area contributed by atoms with Gasteiger partial charge in [0.25, 0.3) is 5.69 Å². The number of nitro benzene ring substituents is 1. The van der Waals surface area contributed by atoms with Crippen LogP contribution in [0.15, 0.2) is 24.3 Å². The molecule has 1 N–H and O–H groups in total. The van der Waals surface area contributed by atoms with Gasteiger partial charge in [0.15, 0.2) is 0 Å². The molecule has 0 aromatic heterocycles. The van der Waals surface area contributed by atoms with Crippen LogP contribution in [-0.2, 0) is 0 Å². The Morgan fingerprint density at radius 2 is 2.20 bits per heavy atom. The molecule has 1 aromatic rings. The molecule has 20 heavy (non-hydrogen) atoms. The second kappa shape index (κ2) is 7.21. The van der Waals surface area contributed by atoms with Crippen molar-refractivity contribution in [1.82, 2.24) is 10.2 Å². The molecule has 1 fully saturated rings. The van der Waals surface area contributed by atoms with Crippen LogP contribution in [0.3, 0.4) is 0 Å². The van der Waals surface area contributed by atoms with Crippen molar-refractivity contribution in [2.45, 2.75) is 18.9 Å². The fourth-order valence-corrected chi connectivity index (χ4v) is 2.45. The molecule has 0 amide bonds. The Morgan fingerprint density at radius 3 is 2.85 bits per heavy atom. The summed E-state index contributed by atoms with van der Waals surface area (Å²) in [6.45, 7) is 3.66. The van der Waals surface area contributed by atoms with Crippen molar-refractivity contribution in [2.75, 3.05) is 33.3 Å². The first-order valence-corrected chi connectivity index (χ1v) is 6.96. The highest BCUT2D eigenvalue weighted by atomic mass is 16.6. The van der Waals surface area contributed by atoms with Gasteiger partial charge in [-0.15, -0.1) is 0 Å². The Hall–Kier alpha value is -1.66. The van der Waals surface area contributed by atoms with E-state index in [0.717, 1.165) is 19.6 Å². The number of hydrogen-bond acceptors (Lipinski definition) is 5. The lowest BCUT2D eigenvalue weighted by Gasteiger charge is -2.32. The molecule has 1 aromatic carbocycles. The molecule has 110 valence electrons. The van der Waals surface area contributed by atoms with Gasteiger partial charge in [-0.3, -0.25) is 15.0 Å². The minimum atomic E-state index is -0.407. The van der Waals surface area contributed by atoms with E-state index in [1.165, 1.54) is 25.0 Å². The van der Waals surface area contributed by atoms with Gasteiger partial charge in [-0.05, 0) is 38.6 Å². The molecular weight excluding hydrogens is 258 g/mol. The lowest BCUT2D eigenvalue weighted by atomic mass is 10.1. The summed E-state index contributed by atoms with van der Waals surface area (Å²) in [7, 11) is 2.00. The Balaban J connectivity index is 1.74. The van der Waals surface area contributed by atoms with Crippen molar-refractivity contribution in [3.8, 4) is 5.75 Å². The summed E-state index contributed by atoms with van der Waals surface area (Å²) >= 11 is 0. The third-order valence-electron chi connectivity index (χ3n) is 3.64. The van der Waals surface area contributed by atoms with Gasteiger partial charge in [0, 0.05) is 31.3 Å². The molecule has 1 aliphatic heterocycles. The van der Waals surface area contributed by atoms with Crippen molar-refractivity contribution >= 4 is 5.69 Å². The first-order chi connectivity index (χ1) is 9.69. The average Bonchev–Trinajstić information content (AvgIpc) is 2.48. The number of benzene rings is 1. The molecule has 0 bridgehead atoms. The largest absolute Gasteiger partial charge is 0.492 e. The summed E-state index contributed by atoms with van der Waals surface area (Å²) in [4.78, 5) is 12.5. The van der Waals surface area contributed by atoms with Gasteiger partial charge in [0.2, 0.25) is 0 Å². The highest BCUT2D eigenvalue weighted by molar-refractivity contribution is 5.35. The molecule has 2 rings (SSSR count). The van der Waals surface area contributed by atoms with Crippen LogP contribution in [-0.4, -0.2) is 49.2 Å². The lowest BCUT2D eigenvalue weighted by molar-refractivity contribution is -0.384. The number of nitrogens with one attached hydrogen (secondary N) is 1. The smallest absolute Gasteiger partial charge is 0.269 e. The maximum absolute atomic E-state index is 10.5. The van der Waals surface area contributed by atoms with Gasteiger partial charge in [0.05, 0.1) is 4.92 Å². The van der Waals surface area contributed by atoms with Gasteiger partial charge in [0.1, 0.15) is 12.4 Å². The predicted molar refractivity (Wildman–Crippen MR) is 77.1 cm³/mol. The number of likely N-dealkylation sites (N-methyl/N-ethyl adjacent to an activating group) is 1. The molecule has 0 spiro atoms. The molecule has 1 saturated heterocycles. The highest BCUT2D eigenvalue weighted by Gasteiger charge is 2.17. The lowest BCUT2D eigenvalue weighted by Crippen LogP contribution is -2.45. The first-order valence-electron chi connectivity index (χ1n) is 6.96. The number of nitro groups is 1. The van der Waals surface area contributed by atoms with Crippen LogP contribution in [0.25, 0.3) is 0 Å². The maximum atomic E-state index is 10.5. The summed E-state index contributed by atoms with van der Waals surface area (Å²) in [5.74, 6) is 0.678. The summed E-state index contributed by atoms with van der Waals surface area (Å²) in [5.41, 5.74) is 0.0882. The molecule has 1 unspecified atom stereocenters. The minimum Gasteiger partial charge on any atom is -0.492 e. The molecular formula is C14H21N3O3. The van der Waals surface area contributed by atoms with Crippen molar-refractivity contribution in [1.29, 1.82) is 0 Å². The molecule has 1 heterocycles. The first kappa shape index (κ1) is 14.7. The molecule has 6 nitrogen and oxygen atoms in total. The molecule has 1 aliphatic rings. The molecule has 0 aliphatic carbocycles. The van der Waals surface area contributed by atoms with Crippen LogP contribution in [0, 0.1) is 10.1 Å². The summed E-state index contributed by atoms with van der Waals surface area (Å²) < 4.78 is 5.63. The number of nitrogens with zero attached hydrogens (tertiary/aromatic N) is 2. The summed E-state index contributed by atoms with van der Waals surface area (Å²) in [5, 5.41) is 13.9. The zero-order valence-corrected chi connectivity index (χ0v) is 11.7. The van der Waals surface area contributed by atoms with Crippen molar-refractivity contribution in [3.05, 3.63) is 34.4 Å². The maximum Gasteiger partial charge on any atom is 0.269 e. The zero-order chi connectivity index (χ0) is 14.4. The van der Waals surface area contributed by atoms with Crippen LogP contribution in [0.5, 0.6) is 5.75 Å². The van der Waals surface area contributed by atoms with Crippen molar-refractivity contribution in [3.63, 3.8) is 0 Å². The molecule has 1 atom stereocenters. The Bertz CT molecular complexity index is 436. The summed E-state index contributed by atoms with van der Waals surface area (Å²) in [6, 6.07) is 6.79. The van der Waals surface area contributed by atoms with Crippen LogP contribution in [0.4, 0.5) is 5.69 Å². The Kier molecular flexibility index (Phi) is 5.31. The van der Waals surface area contributed by atoms with E-state index in [9.17, 15) is 10.1 Å². The molecule has 0 saturated carbocycles. The van der Waals surface area contributed by atoms with Crippen molar-refractivity contribution < 1.29 is 9.66 Å².